The maximum Gasteiger partial charge on any atom is 0.0859 e. The molecule has 0 bridgehead atoms. The number of hydrogen-bond acceptors (Lipinski definition) is 2. The summed E-state index contributed by atoms with van der Waals surface area (Å²) in [6.07, 6.45) is 8.21. The molecular weight excluding hydrogens is 264 g/mol. The molecule has 0 atom stereocenters. The summed E-state index contributed by atoms with van der Waals surface area (Å²) < 4.78 is 1.06. The van der Waals surface area contributed by atoms with Crippen molar-refractivity contribution in [2.24, 2.45) is 0 Å². The summed E-state index contributed by atoms with van der Waals surface area (Å²) in [5.41, 5.74) is 3.37. The molecule has 1 saturated carbocycles. The van der Waals surface area contributed by atoms with Crippen LogP contribution in [-0.2, 0) is 0 Å². The zero-order valence-electron chi connectivity index (χ0n) is 8.73. The number of pyridine rings is 2. The van der Waals surface area contributed by atoms with Crippen molar-refractivity contribution in [3.8, 4) is 11.3 Å². The summed E-state index contributed by atoms with van der Waals surface area (Å²) in [7, 11) is 0. The van der Waals surface area contributed by atoms with E-state index in [0.717, 1.165) is 21.6 Å². The molecule has 0 aliphatic heterocycles. The quantitative estimate of drug-likeness (QED) is 0.833. The Morgan fingerprint density at radius 1 is 1.25 bits per heavy atom. The number of aromatic nitrogens is 2. The highest BCUT2D eigenvalue weighted by Gasteiger charge is 2.24. The Labute approximate surface area is 103 Å². The Balaban J connectivity index is 2.02. The number of halogens is 1. The van der Waals surface area contributed by atoms with Gasteiger partial charge in [-0.15, -0.1) is 0 Å². The first-order valence-corrected chi connectivity index (χ1v) is 6.20. The van der Waals surface area contributed by atoms with Gasteiger partial charge in [-0.3, -0.25) is 9.97 Å². The van der Waals surface area contributed by atoms with Gasteiger partial charge in [-0.25, -0.2) is 0 Å². The van der Waals surface area contributed by atoms with Crippen LogP contribution in [0.2, 0.25) is 0 Å². The van der Waals surface area contributed by atoms with E-state index >= 15 is 0 Å². The van der Waals surface area contributed by atoms with E-state index in [2.05, 4.69) is 32.0 Å². The van der Waals surface area contributed by atoms with Crippen molar-refractivity contribution in [1.29, 1.82) is 0 Å². The van der Waals surface area contributed by atoms with Crippen molar-refractivity contribution in [3.05, 3.63) is 46.8 Å². The van der Waals surface area contributed by atoms with Crippen molar-refractivity contribution >= 4 is 15.9 Å². The van der Waals surface area contributed by atoms with Crippen molar-refractivity contribution in [1.82, 2.24) is 9.97 Å². The molecule has 80 valence electrons. The average molecular weight is 275 g/mol. The molecule has 3 rings (SSSR count). The van der Waals surface area contributed by atoms with E-state index in [4.69, 9.17) is 0 Å². The topological polar surface area (TPSA) is 25.8 Å². The zero-order valence-corrected chi connectivity index (χ0v) is 10.3. The van der Waals surface area contributed by atoms with Gasteiger partial charge in [-0.05, 0) is 58.5 Å². The van der Waals surface area contributed by atoms with Crippen molar-refractivity contribution in [2.45, 2.75) is 18.8 Å². The van der Waals surface area contributed by atoms with Gasteiger partial charge in [0, 0.05) is 28.6 Å². The molecule has 0 N–H and O–H groups in total. The minimum absolute atomic E-state index is 0.742. The number of nitrogens with zero attached hydrogens (tertiary/aromatic N) is 2. The van der Waals surface area contributed by atoms with Crippen LogP contribution >= 0.6 is 15.9 Å². The predicted molar refractivity (Wildman–Crippen MR) is 67.1 cm³/mol. The summed E-state index contributed by atoms with van der Waals surface area (Å²) in [4.78, 5) is 8.63. The van der Waals surface area contributed by atoms with E-state index in [1.165, 1.54) is 18.4 Å². The second-order valence-electron chi connectivity index (χ2n) is 4.12. The fraction of sp³-hybridized carbons (Fsp3) is 0.231. The van der Waals surface area contributed by atoms with Gasteiger partial charge in [0.25, 0.3) is 0 Å². The molecule has 0 unspecified atom stereocenters. The van der Waals surface area contributed by atoms with E-state index in [0.29, 0.717) is 0 Å². The molecule has 0 spiro atoms. The SMILES string of the molecule is Brc1cc(C2CC2)cnc1-c1cccnc1. The molecule has 0 aromatic carbocycles. The Morgan fingerprint density at radius 3 is 2.75 bits per heavy atom. The van der Waals surface area contributed by atoms with Crippen LogP contribution in [0.5, 0.6) is 0 Å². The van der Waals surface area contributed by atoms with Crippen molar-refractivity contribution < 1.29 is 0 Å². The molecule has 1 aliphatic rings. The lowest BCUT2D eigenvalue weighted by atomic mass is 10.1. The second-order valence-corrected chi connectivity index (χ2v) is 4.97. The molecule has 0 saturated heterocycles. The van der Waals surface area contributed by atoms with Crippen molar-refractivity contribution in [2.75, 3.05) is 0 Å². The molecule has 1 fully saturated rings. The fourth-order valence-electron chi connectivity index (χ4n) is 1.81. The third-order valence-corrected chi connectivity index (χ3v) is 3.45. The Bertz CT molecular complexity index is 507. The number of hydrogen-bond donors (Lipinski definition) is 0. The third-order valence-electron chi connectivity index (χ3n) is 2.85. The fourth-order valence-corrected chi connectivity index (χ4v) is 2.40. The van der Waals surface area contributed by atoms with Crippen LogP contribution in [0.25, 0.3) is 11.3 Å². The molecule has 2 heterocycles. The van der Waals surface area contributed by atoms with E-state index in [1.54, 1.807) is 6.20 Å². The molecular formula is C13H11BrN2. The largest absolute Gasteiger partial charge is 0.264 e. The van der Waals surface area contributed by atoms with Crippen LogP contribution < -0.4 is 0 Å². The molecule has 0 amide bonds. The van der Waals surface area contributed by atoms with E-state index in [1.807, 2.05) is 24.5 Å². The van der Waals surface area contributed by atoms with E-state index < -0.39 is 0 Å². The van der Waals surface area contributed by atoms with Gasteiger partial charge in [-0.1, -0.05) is 0 Å². The first-order valence-electron chi connectivity index (χ1n) is 5.40. The molecule has 1 aliphatic carbocycles. The molecule has 2 aromatic rings. The Kier molecular flexibility index (Phi) is 2.48. The Morgan fingerprint density at radius 2 is 2.12 bits per heavy atom. The summed E-state index contributed by atoms with van der Waals surface area (Å²) >= 11 is 3.59. The van der Waals surface area contributed by atoms with E-state index in [9.17, 15) is 0 Å². The Hall–Kier alpha value is -1.22. The first-order chi connectivity index (χ1) is 7.84. The highest BCUT2D eigenvalue weighted by Crippen LogP contribution is 2.41. The predicted octanol–water partition coefficient (Wildman–Crippen LogP) is 3.78. The van der Waals surface area contributed by atoms with Gasteiger partial charge < -0.3 is 0 Å². The summed E-state index contributed by atoms with van der Waals surface area (Å²) in [5.74, 6) is 0.742. The van der Waals surface area contributed by atoms with Crippen LogP contribution in [-0.4, -0.2) is 9.97 Å². The summed E-state index contributed by atoms with van der Waals surface area (Å²) in [6.45, 7) is 0. The second kappa shape index (κ2) is 3.98. The summed E-state index contributed by atoms with van der Waals surface area (Å²) in [5, 5.41) is 0. The van der Waals surface area contributed by atoms with Gasteiger partial charge in [0.15, 0.2) is 0 Å². The lowest BCUT2D eigenvalue weighted by Crippen LogP contribution is -1.89. The van der Waals surface area contributed by atoms with Gasteiger partial charge >= 0.3 is 0 Å². The molecule has 2 aromatic heterocycles. The highest BCUT2D eigenvalue weighted by molar-refractivity contribution is 9.10. The van der Waals surface area contributed by atoms with Gasteiger partial charge in [0.05, 0.1) is 5.69 Å². The molecule has 0 radical (unpaired) electrons. The monoisotopic (exact) mass is 274 g/mol. The van der Waals surface area contributed by atoms with E-state index in [-0.39, 0.29) is 0 Å². The molecule has 3 heteroatoms. The van der Waals surface area contributed by atoms with Crippen LogP contribution in [0.15, 0.2) is 41.3 Å². The maximum absolute atomic E-state index is 4.52. The van der Waals surface area contributed by atoms with Gasteiger partial charge in [-0.2, -0.15) is 0 Å². The average Bonchev–Trinajstić information content (AvgIpc) is 3.14. The lowest BCUT2D eigenvalue weighted by molar-refractivity contribution is 1.09. The smallest absolute Gasteiger partial charge is 0.0859 e. The zero-order chi connectivity index (χ0) is 11.0. The standard InChI is InChI=1S/C13H11BrN2/c14-12-6-11(9-3-4-9)8-16-13(12)10-2-1-5-15-7-10/h1-2,5-9H,3-4H2. The van der Waals surface area contributed by atoms with Crippen LogP contribution in [0.1, 0.15) is 24.3 Å². The number of rotatable bonds is 2. The normalized spacial score (nSPS) is 15.1. The lowest BCUT2D eigenvalue weighted by Gasteiger charge is -2.05. The molecule has 2 nitrogen and oxygen atoms in total. The van der Waals surface area contributed by atoms with Crippen LogP contribution in [0, 0.1) is 0 Å². The van der Waals surface area contributed by atoms with Gasteiger partial charge in [0.2, 0.25) is 0 Å². The highest BCUT2D eigenvalue weighted by atomic mass is 79.9. The first kappa shape index (κ1) is 9.97. The maximum atomic E-state index is 4.52. The third kappa shape index (κ3) is 1.87. The minimum Gasteiger partial charge on any atom is -0.264 e. The minimum atomic E-state index is 0.742. The summed E-state index contributed by atoms with van der Waals surface area (Å²) in [6, 6.07) is 6.14. The van der Waals surface area contributed by atoms with Crippen LogP contribution in [0.3, 0.4) is 0 Å². The molecule has 16 heavy (non-hydrogen) atoms. The van der Waals surface area contributed by atoms with Crippen LogP contribution in [0.4, 0.5) is 0 Å². The van der Waals surface area contributed by atoms with Crippen molar-refractivity contribution in [3.63, 3.8) is 0 Å². The van der Waals surface area contributed by atoms with Gasteiger partial charge in [0.1, 0.15) is 0 Å².